The molecule has 0 bridgehead atoms. The molecule has 4 atom stereocenters. The fraction of sp³-hybridized carbons (Fsp3) is 0.433. The number of hydrogen-bond donors (Lipinski definition) is 2. The average molecular weight is 543 g/mol. The van der Waals surface area contributed by atoms with Crippen molar-refractivity contribution in [2.45, 2.75) is 64.2 Å². The van der Waals surface area contributed by atoms with Crippen LogP contribution in [-0.4, -0.2) is 41.3 Å². The molecule has 1 aliphatic carbocycles. The highest BCUT2D eigenvalue weighted by Gasteiger charge is 2.43. The predicted molar refractivity (Wildman–Crippen MR) is 141 cm³/mol. The van der Waals surface area contributed by atoms with Crippen LogP contribution in [0.5, 0.6) is 5.75 Å². The number of ether oxygens (including phenoxy) is 1. The molecule has 2 aromatic rings. The molecule has 39 heavy (non-hydrogen) atoms. The van der Waals surface area contributed by atoms with Crippen molar-refractivity contribution < 1.29 is 32.6 Å². The summed E-state index contributed by atoms with van der Waals surface area (Å²) in [5.41, 5.74) is 1.32. The fourth-order valence-electron chi connectivity index (χ4n) is 4.85. The molecule has 4 rings (SSSR count). The number of phenolic OH excluding ortho intramolecular Hbond substituents is 1. The van der Waals surface area contributed by atoms with Crippen molar-refractivity contribution in [3.63, 3.8) is 0 Å². The Balaban J connectivity index is 1.41. The van der Waals surface area contributed by atoms with Crippen LogP contribution in [0.2, 0.25) is 0 Å². The molecular weight excluding hydrogens is 509 g/mol. The van der Waals surface area contributed by atoms with Crippen molar-refractivity contribution in [1.82, 2.24) is 5.32 Å². The minimum Gasteiger partial charge on any atom is -0.508 e. The SMILES string of the molecule is CCCc1ccccc1[C@H]1N=C(C(F)(F)F)C=C1OCCC(=O)N[C@@H](Cc1ccc(O)cc1)C(=O)C1CC1C. The van der Waals surface area contributed by atoms with E-state index in [1.165, 1.54) is 12.1 Å². The third-order valence-electron chi connectivity index (χ3n) is 7.10. The van der Waals surface area contributed by atoms with Gasteiger partial charge in [0.15, 0.2) is 5.78 Å². The molecule has 208 valence electrons. The molecule has 9 heteroatoms. The Bertz CT molecular complexity index is 1250. The molecule has 1 fully saturated rings. The van der Waals surface area contributed by atoms with Gasteiger partial charge in [0.2, 0.25) is 5.91 Å². The molecule has 2 N–H and O–H groups in total. The third-order valence-corrected chi connectivity index (χ3v) is 7.10. The van der Waals surface area contributed by atoms with Crippen LogP contribution in [0.25, 0.3) is 0 Å². The van der Waals surface area contributed by atoms with Gasteiger partial charge in [0.1, 0.15) is 23.3 Å². The molecule has 1 saturated carbocycles. The van der Waals surface area contributed by atoms with E-state index in [2.05, 4.69) is 10.3 Å². The lowest BCUT2D eigenvalue weighted by Gasteiger charge is -2.20. The van der Waals surface area contributed by atoms with Crippen LogP contribution >= 0.6 is 0 Å². The topological polar surface area (TPSA) is 88.0 Å². The summed E-state index contributed by atoms with van der Waals surface area (Å²) in [6, 6.07) is 12.0. The van der Waals surface area contributed by atoms with Crippen LogP contribution in [0.4, 0.5) is 13.2 Å². The maximum atomic E-state index is 13.5. The number of halogens is 3. The van der Waals surface area contributed by atoms with Crippen molar-refractivity contribution >= 4 is 17.4 Å². The number of allylic oxidation sites excluding steroid dienone is 1. The number of carbonyl (C=O) groups is 2. The summed E-state index contributed by atoms with van der Waals surface area (Å²) >= 11 is 0. The lowest BCUT2D eigenvalue weighted by atomic mass is 9.97. The van der Waals surface area contributed by atoms with Gasteiger partial charge in [-0.15, -0.1) is 0 Å². The first-order chi connectivity index (χ1) is 18.6. The number of aryl methyl sites for hydroxylation is 1. The number of nitrogens with zero attached hydrogens (tertiary/aromatic N) is 1. The van der Waals surface area contributed by atoms with Gasteiger partial charge in [-0.3, -0.25) is 14.6 Å². The monoisotopic (exact) mass is 542 g/mol. The number of carbonyl (C=O) groups excluding carboxylic acids is 2. The number of nitrogens with one attached hydrogen (secondary N) is 1. The first-order valence-corrected chi connectivity index (χ1v) is 13.2. The predicted octanol–water partition coefficient (Wildman–Crippen LogP) is 5.65. The molecule has 0 radical (unpaired) electrons. The Labute approximate surface area is 226 Å². The van der Waals surface area contributed by atoms with Crippen molar-refractivity contribution in [2.75, 3.05) is 6.61 Å². The van der Waals surface area contributed by atoms with E-state index in [9.17, 15) is 27.9 Å². The molecule has 1 aliphatic heterocycles. The highest BCUT2D eigenvalue weighted by atomic mass is 19.4. The van der Waals surface area contributed by atoms with Gasteiger partial charge in [-0.1, -0.05) is 56.7 Å². The van der Waals surface area contributed by atoms with Crippen LogP contribution in [-0.2, 0) is 27.2 Å². The highest BCUT2D eigenvalue weighted by molar-refractivity contribution is 6.02. The van der Waals surface area contributed by atoms with Gasteiger partial charge in [-0.2, -0.15) is 13.2 Å². The normalized spacial score (nSPS) is 21.1. The van der Waals surface area contributed by atoms with Crippen molar-refractivity contribution in [1.29, 1.82) is 0 Å². The minimum atomic E-state index is -4.62. The van der Waals surface area contributed by atoms with E-state index in [0.717, 1.165) is 30.0 Å². The molecule has 0 spiro atoms. The minimum absolute atomic E-state index is 0.0424. The van der Waals surface area contributed by atoms with Gasteiger partial charge >= 0.3 is 6.18 Å². The number of phenols is 1. The molecular formula is C30H33F3N2O4. The number of benzene rings is 2. The summed E-state index contributed by atoms with van der Waals surface area (Å²) in [7, 11) is 0. The van der Waals surface area contributed by atoms with E-state index in [1.807, 2.05) is 26.0 Å². The van der Waals surface area contributed by atoms with E-state index in [4.69, 9.17) is 4.74 Å². The van der Waals surface area contributed by atoms with Crippen LogP contribution in [0.1, 0.15) is 55.8 Å². The molecule has 0 aromatic heterocycles. The van der Waals surface area contributed by atoms with Crippen molar-refractivity contribution in [3.05, 3.63) is 77.1 Å². The van der Waals surface area contributed by atoms with Gasteiger partial charge in [0, 0.05) is 12.0 Å². The van der Waals surface area contributed by atoms with Gasteiger partial charge in [-0.05, 0) is 54.0 Å². The number of rotatable bonds is 12. The Morgan fingerprint density at radius 3 is 2.49 bits per heavy atom. The lowest BCUT2D eigenvalue weighted by Crippen LogP contribution is -2.43. The number of Topliss-reactive ketones (excluding diaryl/α,β-unsaturated/α-hetero) is 1. The molecule has 2 aliphatic rings. The second-order valence-corrected chi connectivity index (χ2v) is 10.2. The maximum absolute atomic E-state index is 13.5. The van der Waals surface area contributed by atoms with Crippen LogP contribution in [0.3, 0.4) is 0 Å². The Hall–Kier alpha value is -3.62. The van der Waals surface area contributed by atoms with Crippen LogP contribution < -0.4 is 5.32 Å². The number of ketones is 1. The maximum Gasteiger partial charge on any atom is 0.433 e. The summed E-state index contributed by atoms with van der Waals surface area (Å²) < 4.78 is 46.2. The zero-order valence-corrected chi connectivity index (χ0v) is 22.0. The van der Waals surface area contributed by atoms with Gasteiger partial charge in [0.25, 0.3) is 0 Å². The number of alkyl halides is 3. The summed E-state index contributed by atoms with van der Waals surface area (Å²) in [5.74, 6) is -0.160. The molecule has 0 saturated heterocycles. The Kier molecular flexibility index (Phi) is 8.77. The lowest BCUT2D eigenvalue weighted by molar-refractivity contribution is -0.129. The Morgan fingerprint density at radius 1 is 1.15 bits per heavy atom. The van der Waals surface area contributed by atoms with Gasteiger partial charge < -0.3 is 15.2 Å². The smallest absolute Gasteiger partial charge is 0.433 e. The van der Waals surface area contributed by atoms with E-state index in [-0.39, 0.29) is 48.6 Å². The molecule has 1 heterocycles. The summed E-state index contributed by atoms with van der Waals surface area (Å²) in [5, 5.41) is 12.3. The molecule has 2 unspecified atom stereocenters. The largest absolute Gasteiger partial charge is 0.508 e. The quantitative estimate of drug-likeness (QED) is 0.363. The zero-order valence-electron chi connectivity index (χ0n) is 22.0. The Morgan fingerprint density at radius 2 is 1.85 bits per heavy atom. The summed E-state index contributed by atoms with van der Waals surface area (Å²) in [6.45, 7) is 3.81. The van der Waals surface area contributed by atoms with Gasteiger partial charge in [-0.25, -0.2) is 0 Å². The van der Waals surface area contributed by atoms with E-state index < -0.39 is 29.9 Å². The summed E-state index contributed by atoms with van der Waals surface area (Å²) in [6.07, 6.45) is -1.29. The zero-order chi connectivity index (χ0) is 28.2. The summed E-state index contributed by atoms with van der Waals surface area (Å²) in [4.78, 5) is 29.7. The molecule has 2 aromatic carbocycles. The highest BCUT2D eigenvalue weighted by Crippen LogP contribution is 2.40. The van der Waals surface area contributed by atoms with Crippen molar-refractivity contribution in [3.8, 4) is 5.75 Å². The fourth-order valence-corrected chi connectivity index (χ4v) is 4.85. The second kappa shape index (κ2) is 12.1. The van der Waals surface area contributed by atoms with E-state index in [1.54, 1.807) is 24.3 Å². The van der Waals surface area contributed by atoms with E-state index in [0.29, 0.717) is 12.0 Å². The second-order valence-electron chi connectivity index (χ2n) is 10.2. The van der Waals surface area contributed by atoms with Crippen LogP contribution in [0.15, 0.2) is 65.4 Å². The average Bonchev–Trinajstić information content (AvgIpc) is 3.46. The van der Waals surface area contributed by atoms with E-state index >= 15 is 0 Å². The van der Waals surface area contributed by atoms with Crippen LogP contribution in [0, 0.1) is 11.8 Å². The van der Waals surface area contributed by atoms with Crippen molar-refractivity contribution in [2.24, 2.45) is 16.8 Å². The molecule has 1 amide bonds. The first kappa shape index (κ1) is 28.4. The standard InChI is InChI=1S/C30H33F3N2O4/c1-3-6-20-7-4-5-8-22(20)28-25(17-26(35-28)30(31,32)33)39-14-13-27(37)34-24(29(38)23-15-18(23)2)16-19-9-11-21(36)12-10-19/h4-5,7-12,17-18,23-24,28,36H,3,6,13-16H2,1-2H3,(H,34,37)/t18?,23?,24-,28+/m0/s1. The first-order valence-electron chi connectivity index (χ1n) is 13.2. The number of hydrogen-bond acceptors (Lipinski definition) is 5. The number of amides is 1. The molecule has 6 nitrogen and oxygen atoms in total. The van der Waals surface area contributed by atoms with Gasteiger partial charge in [0.05, 0.1) is 19.1 Å². The third kappa shape index (κ3) is 7.28. The number of aliphatic imine (C=N–C) groups is 1. The number of aromatic hydroxyl groups is 1.